The number of hydrogen-bond acceptors (Lipinski definition) is 5. The van der Waals surface area contributed by atoms with Crippen molar-refractivity contribution < 1.29 is 14.1 Å². The van der Waals surface area contributed by atoms with Crippen LogP contribution >= 0.6 is 0 Å². The SMILES string of the molecule is Cc1onc(C2C3CN(C(=O)OC(C)(C)C)CC32)c1N. The Morgan fingerprint density at radius 2 is 2.00 bits per heavy atom. The lowest BCUT2D eigenvalue weighted by Crippen LogP contribution is -2.36. The fraction of sp³-hybridized carbons (Fsp3) is 0.714. The van der Waals surface area contributed by atoms with E-state index in [1.807, 2.05) is 27.7 Å². The highest BCUT2D eigenvalue weighted by Crippen LogP contribution is 2.59. The van der Waals surface area contributed by atoms with Gasteiger partial charge in [0.25, 0.3) is 0 Å². The molecule has 3 rings (SSSR count). The van der Waals surface area contributed by atoms with Crippen LogP contribution in [0.3, 0.4) is 0 Å². The number of aryl methyl sites for hydroxylation is 1. The highest BCUT2D eigenvalue weighted by Gasteiger charge is 2.59. The van der Waals surface area contributed by atoms with E-state index >= 15 is 0 Å². The summed E-state index contributed by atoms with van der Waals surface area (Å²) in [5.41, 5.74) is 7.04. The Labute approximate surface area is 118 Å². The summed E-state index contributed by atoms with van der Waals surface area (Å²) in [5.74, 6) is 1.89. The van der Waals surface area contributed by atoms with E-state index in [9.17, 15) is 4.79 Å². The highest BCUT2D eigenvalue weighted by atomic mass is 16.6. The lowest BCUT2D eigenvalue weighted by Gasteiger charge is -2.25. The van der Waals surface area contributed by atoms with Crippen molar-refractivity contribution in [3.63, 3.8) is 0 Å². The Kier molecular flexibility index (Phi) is 2.74. The highest BCUT2D eigenvalue weighted by molar-refractivity contribution is 5.69. The zero-order chi connectivity index (χ0) is 14.7. The standard InChI is InChI=1S/C14H21N3O3/c1-7-11(15)12(16-20-7)10-8-5-17(6-9(8)10)13(18)19-14(2,3)4/h8-10H,5-6,15H2,1-4H3. The van der Waals surface area contributed by atoms with Crippen LogP contribution in [-0.2, 0) is 4.74 Å². The molecule has 0 spiro atoms. The van der Waals surface area contributed by atoms with Gasteiger partial charge in [-0.05, 0) is 39.5 Å². The van der Waals surface area contributed by atoms with E-state index in [0.717, 1.165) is 18.8 Å². The lowest BCUT2D eigenvalue weighted by atomic mass is 10.1. The van der Waals surface area contributed by atoms with Gasteiger partial charge in [0.1, 0.15) is 11.3 Å². The molecule has 1 aliphatic carbocycles. The van der Waals surface area contributed by atoms with Gasteiger partial charge in [-0.3, -0.25) is 0 Å². The summed E-state index contributed by atoms with van der Waals surface area (Å²) in [5, 5.41) is 4.05. The molecule has 2 unspecified atom stereocenters. The van der Waals surface area contributed by atoms with Gasteiger partial charge in [-0.2, -0.15) is 0 Å². The molecular weight excluding hydrogens is 258 g/mol. The summed E-state index contributed by atoms with van der Waals surface area (Å²) in [6.07, 6.45) is -0.229. The van der Waals surface area contributed by atoms with Crippen LogP contribution in [-0.4, -0.2) is 34.8 Å². The molecule has 1 saturated heterocycles. The average Bonchev–Trinajstić information content (AvgIpc) is 2.70. The molecule has 2 aliphatic rings. The second kappa shape index (κ2) is 4.14. The Bertz CT molecular complexity index is 534. The van der Waals surface area contributed by atoms with Gasteiger partial charge in [0.2, 0.25) is 0 Å². The minimum absolute atomic E-state index is 0.229. The van der Waals surface area contributed by atoms with Gasteiger partial charge in [-0.25, -0.2) is 4.79 Å². The maximum atomic E-state index is 12.0. The van der Waals surface area contributed by atoms with Crippen LogP contribution in [0.5, 0.6) is 0 Å². The van der Waals surface area contributed by atoms with Crippen molar-refractivity contribution in [3.8, 4) is 0 Å². The molecule has 0 bridgehead atoms. The molecule has 2 fully saturated rings. The van der Waals surface area contributed by atoms with Crippen molar-refractivity contribution in [2.45, 2.75) is 39.2 Å². The van der Waals surface area contributed by atoms with E-state index in [4.69, 9.17) is 15.0 Å². The van der Waals surface area contributed by atoms with Gasteiger partial charge in [-0.1, -0.05) is 5.16 Å². The Balaban J connectivity index is 1.61. The van der Waals surface area contributed by atoms with Gasteiger partial charge in [-0.15, -0.1) is 0 Å². The van der Waals surface area contributed by atoms with Crippen molar-refractivity contribution in [1.82, 2.24) is 10.1 Å². The smallest absolute Gasteiger partial charge is 0.410 e. The van der Waals surface area contributed by atoms with Crippen molar-refractivity contribution in [1.29, 1.82) is 0 Å². The first-order chi connectivity index (χ1) is 9.28. The molecule has 1 aromatic heterocycles. The van der Waals surface area contributed by atoms with Crippen LogP contribution < -0.4 is 5.73 Å². The van der Waals surface area contributed by atoms with E-state index < -0.39 is 5.60 Å². The first-order valence-corrected chi connectivity index (χ1v) is 6.97. The normalized spacial score (nSPS) is 28.4. The van der Waals surface area contributed by atoms with Crippen LogP contribution in [0.15, 0.2) is 4.52 Å². The van der Waals surface area contributed by atoms with Gasteiger partial charge < -0.3 is 19.9 Å². The van der Waals surface area contributed by atoms with E-state index in [0.29, 0.717) is 29.2 Å². The molecule has 1 aliphatic heterocycles. The Hall–Kier alpha value is -1.72. The number of rotatable bonds is 1. The van der Waals surface area contributed by atoms with Gasteiger partial charge >= 0.3 is 6.09 Å². The zero-order valence-electron chi connectivity index (χ0n) is 12.3. The van der Waals surface area contributed by atoms with E-state index in [-0.39, 0.29) is 6.09 Å². The third-order valence-electron chi connectivity index (χ3n) is 4.10. The van der Waals surface area contributed by atoms with E-state index in [1.165, 1.54) is 0 Å². The molecule has 1 amide bonds. The van der Waals surface area contributed by atoms with Crippen LogP contribution in [0.25, 0.3) is 0 Å². The quantitative estimate of drug-likeness (QED) is 0.851. The summed E-state index contributed by atoms with van der Waals surface area (Å²) in [7, 11) is 0. The summed E-state index contributed by atoms with van der Waals surface area (Å²) in [6.45, 7) is 8.89. The molecule has 6 nitrogen and oxygen atoms in total. The van der Waals surface area contributed by atoms with Crippen LogP contribution in [0.2, 0.25) is 0 Å². The number of nitrogen functional groups attached to an aromatic ring is 1. The lowest BCUT2D eigenvalue weighted by molar-refractivity contribution is 0.0270. The first kappa shape index (κ1) is 13.3. The maximum absolute atomic E-state index is 12.0. The second-order valence-corrected chi connectivity index (χ2v) is 6.78. The summed E-state index contributed by atoms with van der Waals surface area (Å²) in [4.78, 5) is 13.8. The minimum atomic E-state index is -0.448. The Morgan fingerprint density at radius 1 is 1.40 bits per heavy atom. The third-order valence-corrected chi connectivity index (χ3v) is 4.10. The number of anilines is 1. The molecule has 6 heteroatoms. The molecule has 110 valence electrons. The molecule has 1 saturated carbocycles. The first-order valence-electron chi connectivity index (χ1n) is 6.97. The van der Waals surface area contributed by atoms with E-state index in [2.05, 4.69) is 5.16 Å². The van der Waals surface area contributed by atoms with Gasteiger partial charge in [0.15, 0.2) is 5.76 Å². The third kappa shape index (κ3) is 2.13. The number of carbonyl (C=O) groups excluding carboxylic acids is 1. The molecule has 20 heavy (non-hydrogen) atoms. The zero-order valence-corrected chi connectivity index (χ0v) is 12.3. The van der Waals surface area contributed by atoms with E-state index in [1.54, 1.807) is 4.90 Å². The average molecular weight is 279 g/mol. The number of aromatic nitrogens is 1. The van der Waals surface area contributed by atoms with Crippen molar-refractivity contribution >= 4 is 11.8 Å². The fourth-order valence-corrected chi connectivity index (χ4v) is 3.04. The molecule has 0 radical (unpaired) electrons. The van der Waals surface area contributed by atoms with Crippen molar-refractivity contribution in [2.24, 2.45) is 11.8 Å². The second-order valence-electron chi connectivity index (χ2n) is 6.78. The minimum Gasteiger partial charge on any atom is -0.444 e. The van der Waals surface area contributed by atoms with Crippen molar-refractivity contribution in [3.05, 3.63) is 11.5 Å². The number of hydrogen-bond donors (Lipinski definition) is 1. The molecule has 2 atom stereocenters. The number of likely N-dealkylation sites (tertiary alicyclic amines) is 1. The van der Waals surface area contributed by atoms with Gasteiger partial charge in [0.05, 0.1) is 5.69 Å². The predicted octanol–water partition coefficient (Wildman–Crippen LogP) is 2.15. The molecule has 2 N–H and O–H groups in total. The summed E-state index contributed by atoms with van der Waals surface area (Å²) < 4.78 is 10.5. The molecule has 1 aromatic rings. The largest absolute Gasteiger partial charge is 0.444 e. The van der Waals surface area contributed by atoms with Crippen LogP contribution in [0.1, 0.15) is 38.1 Å². The summed E-state index contributed by atoms with van der Waals surface area (Å²) in [6, 6.07) is 0. The number of ether oxygens (including phenoxy) is 1. The maximum Gasteiger partial charge on any atom is 0.410 e. The topological polar surface area (TPSA) is 81.6 Å². The van der Waals surface area contributed by atoms with Crippen molar-refractivity contribution in [2.75, 3.05) is 18.8 Å². The Morgan fingerprint density at radius 3 is 2.45 bits per heavy atom. The predicted molar refractivity (Wildman–Crippen MR) is 73.2 cm³/mol. The number of nitrogens with zero attached hydrogens (tertiary/aromatic N) is 2. The summed E-state index contributed by atoms with van der Waals surface area (Å²) >= 11 is 0. The molecular formula is C14H21N3O3. The fourth-order valence-electron chi connectivity index (χ4n) is 3.04. The number of carbonyl (C=O) groups is 1. The van der Waals surface area contributed by atoms with Gasteiger partial charge in [0, 0.05) is 19.0 Å². The number of nitrogens with two attached hydrogens (primary N) is 1. The monoisotopic (exact) mass is 279 g/mol. The number of amides is 1. The van der Waals surface area contributed by atoms with Crippen LogP contribution in [0, 0.1) is 18.8 Å². The number of piperidine rings is 1. The molecule has 2 heterocycles. The number of fused-ring (bicyclic) bond motifs is 1. The van der Waals surface area contributed by atoms with Crippen LogP contribution in [0.4, 0.5) is 10.5 Å². The molecule has 0 aromatic carbocycles.